The molecule has 0 unspecified atom stereocenters. The maximum atomic E-state index is 11.9. The van der Waals surface area contributed by atoms with Crippen LogP contribution in [0.3, 0.4) is 0 Å². The van der Waals surface area contributed by atoms with E-state index in [0.29, 0.717) is 16.9 Å². The zero-order valence-electron chi connectivity index (χ0n) is 11.4. The number of anilines is 1. The highest BCUT2D eigenvalue weighted by atomic mass is 16.4. The Morgan fingerprint density at radius 1 is 1.33 bits per heavy atom. The van der Waals surface area contributed by atoms with Crippen LogP contribution in [0.25, 0.3) is 11.1 Å². The smallest absolute Gasteiger partial charge is 0.408 e. The van der Waals surface area contributed by atoms with Crippen molar-refractivity contribution in [2.75, 3.05) is 5.32 Å². The number of amides is 1. The second-order valence-electron chi connectivity index (χ2n) is 4.66. The molecule has 1 aromatic carbocycles. The van der Waals surface area contributed by atoms with Crippen LogP contribution in [-0.2, 0) is 18.4 Å². The van der Waals surface area contributed by atoms with Gasteiger partial charge in [-0.05, 0) is 12.1 Å². The van der Waals surface area contributed by atoms with E-state index in [2.05, 4.69) is 10.4 Å². The van der Waals surface area contributed by atoms with Gasteiger partial charge in [0, 0.05) is 32.3 Å². The number of carbonyl (C=O) groups excluding carboxylic acids is 1. The second kappa shape index (κ2) is 5.28. The Hall–Kier alpha value is -2.83. The maximum Gasteiger partial charge on any atom is 0.419 e. The summed E-state index contributed by atoms with van der Waals surface area (Å²) >= 11 is 0. The van der Waals surface area contributed by atoms with E-state index in [-0.39, 0.29) is 18.9 Å². The lowest BCUT2D eigenvalue weighted by Crippen LogP contribution is -2.20. The van der Waals surface area contributed by atoms with E-state index < -0.39 is 5.76 Å². The predicted octanol–water partition coefficient (Wildman–Crippen LogP) is 1.36. The summed E-state index contributed by atoms with van der Waals surface area (Å²) < 4.78 is 8.17. The predicted molar refractivity (Wildman–Crippen MR) is 76.9 cm³/mol. The zero-order chi connectivity index (χ0) is 14.8. The Balaban J connectivity index is 1.70. The molecule has 21 heavy (non-hydrogen) atoms. The molecule has 0 radical (unpaired) electrons. The molecular weight excluding hydrogens is 272 g/mol. The van der Waals surface area contributed by atoms with Crippen LogP contribution in [-0.4, -0.2) is 20.3 Å². The lowest BCUT2D eigenvalue weighted by molar-refractivity contribution is -0.116. The molecule has 7 heteroatoms. The third-order valence-corrected chi connectivity index (χ3v) is 3.12. The minimum Gasteiger partial charge on any atom is -0.408 e. The fraction of sp³-hybridized carbons (Fsp3) is 0.214. The van der Waals surface area contributed by atoms with Gasteiger partial charge in [-0.25, -0.2) is 4.79 Å². The van der Waals surface area contributed by atoms with Crippen molar-refractivity contribution < 1.29 is 9.21 Å². The quantitative estimate of drug-likeness (QED) is 0.785. The number of fused-ring (bicyclic) bond motifs is 1. The number of nitrogens with zero attached hydrogens (tertiary/aromatic N) is 3. The third-order valence-electron chi connectivity index (χ3n) is 3.12. The van der Waals surface area contributed by atoms with E-state index in [9.17, 15) is 9.59 Å². The molecule has 0 atom stereocenters. The Kier molecular flexibility index (Phi) is 3.31. The molecule has 2 heterocycles. The molecule has 7 nitrogen and oxygen atoms in total. The third kappa shape index (κ3) is 2.71. The maximum absolute atomic E-state index is 11.9. The summed E-state index contributed by atoms with van der Waals surface area (Å²) in [5, 5.41) is 6.74. The average molecular weight is 286 g/mol. The summed E-state index contributed by atoms with van der Waals surface area (Å²) in [6, 6.07) is 8.83. The first-order valence-corrected chi connectivity index (χ1v) is 6.51. The van der Waals surface area contributed by atoms with Gasteiger partial charge >= 0.3 is 5.76 Å². The lowest BCUT2D eigenvalue weighted by Gasteiger charge is -2.03. The van der Waals surface area contributed by atoms with E-state index in [0.717, 1.165) is 0 Å². The van der Waals surface area contributed by atoms with E-state index in [1.165, 1.54) is 4.57 Å². The summed E-state index contributed by atoms with van der Waals surface area (Å²) in [6.45, 7) is 0.258. The van der Waals surface area contributed by atoms with Crippen molar-refractivity contribution in [3.8, 4) is 0 Å². The number of hydrogen-bond donors (Lipinski definition) is 1. The van der Waals surface area contributed by atoms with Crippen molar-refractivity contribution in [2.24, 2.45) is 7.05 Å². The highest BCUT2D eigenvalue weighted by molar-refractivity contribution is 5.89. The van der Waals surface area contributed by atoms with Gasteiger partial charge in [0.1, 0.15) is 0 Å². The van der Waals surface area contributed by atoms with Gasteiger partial charge in [0.2, 0.25) is 5.91 Å². The zero-order valence-corrected chi connectivity index (χ0v) is 11.4. The lowest BCUT2D eigenvalue weighted by atomic mass is 10.3. The van der Waals surface area contributed by atoms with Crippen LogP contribution < -0.4 is 11.1 Å². The number of nitrogens with one attached hydrogen (secondary N) is 1. The minimum atomic E-state index is -0.457. The van der Waals surface area contributed by atoms with Crippen LogP contribution >= 0.6 is 0 Å². The standard InChI is InChI=1S/C14H14N4O3/c1-17-8-6-12(16-17)15-13(19)7-9-18-10-4-2-3-5-11(10)21-14(18)20/h2-6,8H,7,9H2,1H3,(H,15,16,19). The first kappa shape index (κ1) is 13.2. The molecule has 3 rings (SSSR count). The second-order valence-corrected chi connectivity index (χ2v) is 4.66. The molecule has 0 fully saturated rings. The highest BCUT2D eigenvalue weighted by Gasteiger charge is 2.11. The molecule has 1 amide bonds. The Morgan fingerprint density at radius 3 is 2.90 bits per heavy atom. The minimum absolute atomic E-state index is 0.167. The molecule has 3 aromatic rings. The van der Waals surface area contributed by atoms with Crippen molar-refractivity contribution in [3.05, 3.63) is 47.1 Å². The summed E-state index contributed by atoms with van der Waals surface area (Å²) in [5.74, 6) is -0.167. The average Bonchev–Trinajstić information content (AvgIpc) is 2.99. The first-order valence-electron chi connectivity index (χ1n) is 6.51. The van der Waals surface area contributed by atoms with Crippen molar-refractivity contribution in [1.29, 1.82) is 0 Å². The van der Waals surface area contributed by atoms with E-state index in [1.54, 1.807) is 42.2 Å². The van der Waals surface area contributed by atoms with Gasteiger partial charge in [-0.3, -0.25) is 14.0 Å². The van der Waals surface area contributed by atoms with Crippen LogP contribution in [0.5, 0.6) is 0 Å². The van der Waals surface area contributed by atoms with Gasteiger partial charge in [-0.2, -0.15) is 5.10 Å². The largest absolute Gasteiger partial charge is 0.419 e. The molecule has 0 bridgehead atoms. The first-order chi connectivity index (χ1) is 10.1. The van der Waals surface area contributed by atoms with Crippen LogP contribution in [0.4, 0.5) is 5.82 Å². The highest BCUT2D eigenvalue weighted by Crippen LogP contribution is 2.12. The Bertz CT molecular complexity index is 843. The number of rotatable bonds is 4. The van der Waals surface area contributed by atoms with E-state index in [4.69, 9.17) is 4.42 Å². The molecule has 0 aliphatic heterocycles. The number of aryl methyl sites for hydroxylation is 2. The molecule has 0 spiro atoms. The van der Waals surface area contributed by atoms with Crippen LogP contribution in [0.2, 0.25) is 0 Å². The van der Waals surface area contributed by atoms with Crippen LogP contribution in [0, 0.1) is 0 Å². The number of carbonyl (C=O) groups is 1. The summed E-state index contributed by atoms with van der Waals surface area (Å²) in [7, 11) is 1.77. The summed E-state index contributed by atoms with van der Waals surface area (Å²) in [6.07, 6.45) is 1.91. The fourth-order valence-corrected chi connectivity index (χ4v) is 2.13. The van der Waals surface area contributed by atoms with E-state index >= 15 is 0 Å². The monoisotopic (exact) mass is 286 g/mol. The molecule has 0 saturated carbocycles. The number of hydrogen-bond acceptors (Lipinski definition) is 4. The van der Waals surface area contributed by atoms with Gasteiger partial charge in [-0.15, -0.1) is 0 Å². The topological polar surface area (TPSA) is 82.1 Å². The summed E-state index contributed by atoms with van der Waals surface area (Å²) in [5.41, 5.74) is 1.21. The van der Waals surface area contributed by atoms with Gasteiger partial charge in [-0.1, -0.05) is 12.1 Å². The van der Waals surface area contributed by atoms with Gasteiger partial charge in [0.05, 0.1) is 5.52 Å². The van der Waals surface area contributed by atoms with Crippen molar-refractivity contribution in [1.82, 2.24) is 14.3 Å². The van der Waals surface area contributed by atoms with Crippen molar-refractivity contribution >= 4 is 22.8 Å². The molecule has 2 aromatic heterocycles. The van der Waals surface area contributed by atoms with Crippen molar-refractivity contribution in [3.63, 3.8) is 0 Å². The Labute approximate surface area is 119 Å². The van der Waals surface area contributed by atoms with Crippen LogP contribution in [0.15, 0.2) is 45.7 Å². The molecule has 0 aliphatic carbocycles. The molecule has 1 N–H and O–H groups in total. The Morgan fingerprint density at radius 2 is 2.14 bits per heavy atom. The molecular formula is C14H14N4O3. The van der Waals surface area contributed by atoms with Gasteiger partial charge < -0.3 is 9.73 Å². The summed E-state index contributed by atoms with van der Waals surface area (Å²) in [4.78, 5) is 23.6. The van der Waals surface area contributed by atoms with E-state index in [1.807, 2.05) is 6.07 Å². The number of benzene rings is 1. The van der Waals surface area contributed by atoms with Crippen molar-refractivity contribution in [2.45, 2.75) is 13.0 Å². The van der Waals surface area contributed by atoms with Gasteiger partial charge in [0.25, 0.3) is 0 Å². The number of oxazole rings is 1. The fourth-order valence-electron chi connectivity index (χ4n) is 2.13. The van der Waals surface area contributed by atoms with Crippen LogP contribution in [0.1, 0.15) is 6.42 Å². The SMILES string of the molecule is Cn1ccc(NC(=O)CCn2c(=O)oc3ccccc32)n1. The number of para-hydroxylation sites is 2. The molecule has 108 valence electrons. The number of aromatic nitrogens is 3. The normalized spacial score (nSPS) is 10.9. The van der Waals surface area contributed by atoms with Gasteiger partial charge in [0.15, 0.2) is 11.4 Å². The molecule has 0 saturated heterocycles. The molecule has 0 aliphatic rings.